The third-order valence-corrected chi connectivity index (χ3v) is 4.79. The van der Waals surface area contributed by atoms with E-state index in [-0.39, 0.29) is 22.0 Å². The summed E-state index contributed by atoms with van der Waals surface area (Å²) in [4.78, 5) is 49.0. The minimum atomic E-state index is -1.25. The van der Waals surface area contributed by atoms with Gasteiger partial charge in [-0.25, -0.2) is 28.1 Å². The highest BCUT2D eigenvalue weighted by molar-refractivity contribution is 7.71. The summed E-state index contributed by atoms with van der Waals surface area (Å²) in [7, 11) is 2.62. The number of hydrogen-bond donors (Lipinski definition) is 0. The number of esters is 2. The first-order valence-corrected chi connectivity index (χ1v) is 9.05. The second kappa shape index (κ2) is 8.70. The van der Waals surface area contributed by atoms with Crippen LogP contribution in [0.5, 0.6) is 0 Å². The van der Waals surface area contributed by atoms with Crippen molar-refractivity contribution in [3.63, 3.8) is 0 Å². The van der Waals surface area contributed by atoms with Gasteiger partial charge in [-0.05, 0) is 38.2 Å². The van der Waals surface area contributed by atoms with Gasteiger partial charge in [-0.1, -0.05) is 11.6 Å². The molecule has 1 atom stereocenters. The lowest BCUT2D eigenvalue weighted by atomic mass is 10.2. The predicted octanol–water partition coefficient (Wildman–Crippen LogP) is 1.51. The van der Waals surface area contributed by atoms with Crippen molar-refractivity contribution in [3.05, 3.63) is 54.3 Å². The van der Waals surface area contributed by atoms with Gasteiger partial charge in [0.2, 0.25) is 0 Å². The van der Waals surface area contributed by atoms with Gasteiger partial charge in [0, 0.05) is 14.1 Å². The third kappa shape index (κ3) is 4.30. The van der Waals surface area contributed by atoms with Crippen molar-refractivity contribution in [1.82, 2.24) is 13.7 Å². The highest BCUT2D eigenvalue weighted by Crippen LogP contribution is 2.23. The van der Waals surface area contributed by atoms with Crippen molar-refractivity contribution in [1.29, 1.82) is 0 Å². The van der Waals surface area contributed by atoms with E-state index in [1.165, 1.54) is 21.0 Å². The summed E-state index contributed by atoms with van der Waals surface area (Å²) in [5.74, 6) is -2.87. The second-order valence-electron chi connectivity index (χ2n) is 5.88. The van der Waals surface area contributed by atoms with E-state index in [9.17, 15) is 23.6 Å². The Kier molecular flexibility index (Phi) is 6.75. The Bertz CT molecular complexity index is 1130. The largest absolute Gasteiger partial charge is 0.463 e. The van der Waals surface area contributed by atoms with Crippen molar-refractivity contribution in [2.24, 2.45) is 14.1 Å². The van der Waals surface area contributed by atoms with Crippen LogP contribution < -0.4 is 11.4 Å². The van der Waals surface area contributed by atoms with Crippen LogP contribution in [-0.4, -0.2) is 38.4 Å². The maximum absolute atomic E-state index is 14.5. The van der Waals surface area contributed by atoms with Gasteiger partial charge >= 0.3 is 23.3 Å². The van der Waals surface area contributed by atoms with Crippen molar-refractivity contribution in [3.8, 4) is 5.69 Å². The molecule has 0 aliphatic carbocycles. The number of rotatable bonds is 5. The van der Waals surface area contributed by atoms with Gasteiger partial charge in [-0.2, -0.15) is 0 Å². The highest BCUT2D eigenvalue weighted by Gasteiger charge is 2.24. The van der Waals surface area contributed by atoms with Crippen molar-refractivity contribution >= 4 is 35.8 Å². The number of carbonyl (C=O) groups is 2. The molecule has 0 N–H and O–H groups in total. The number of carbonyl (C=O) groups excluding carboxylic acids is 2. The van der Waals surface area contributed by atoms with Crippen LogP contribution in [0.1, 0.15) is 24.2 Å². The van der Waals surface area contributed by atoms with E-state index in [0.29, 0.717) is 4.57 Å². The number of halogens is 2. The molecule has 1 aromatic heterocycles. The Hall–Kier alpha value is -2.79. The van der Waals surface area contributed by atoms with Crippen LogP contribution in [0.3, 0.4) is 0 Å². The highest BCUT2D eigenvalue weighted by atomic mass is 35.5. The Morgan fingerprint density at radius 2 is 1.76 bits per heavy atom. The zero-order valence-electron chi connectivity index (χ0n) is 15.9. The molecule has 0 aliphatic rings. The van der Waals surface area contributed by atoms with Gasteiger partial charge in [0.25, 0.3) is 0 Å². The average molecular weight is 446 g/mol. The molecule has 0 bridgehead atoms. The molecule has 1 aromatic carbocycles. The Morgan fingerprint density at radius 3 is 2.28 bits per heavy atom. The first-order valence-electron chi connectivity index (χ1n) is 8.27. The second-order valence-corrected chi connectivity index (χ2v) is 6.66. The van der Waals surface area contributed by atoms with Crippen LogP contribution >= 0.6 is 23.8 Å². The van der Waals surface area contributed by atoms with E-state index < -0.39 is 40.9 Å². The van der Waals surface area contributed by atoms with Gasteiger partial charge in [-0.15, -0.1) is 0 Å². The average Bonchev–Trinajstić information content (AvgIpc) is 2.66. The molecule has 0 saturated carbocycles. The van der Waals surface area contributed by atoms with Crippen LogP contribution in [0, 0.1) is 10.6 Å². The standard InChI is InChI=1S/C17H17ClFN3O6S/c1-5-27-13(23)8(2)28-14(24)9-6-12(11(19)7-10(9)18)22-15(25)20(3)17(29)21(4)16(22)26/h6-8H,5H2,1-4H3. The summed E-state index contributed by atoms with van der Waals surface area (Å²) in [6.45, 7) is 2.96. The summed E-state index contributed by atoms with van der Waals surface area (Å²) in [6, 6.07) is 1.65. The Labute approximate surface area is 173 Å². The van der Waals surface area contributed by atoms with Crippen LogP contribution in [-0.2, 0) is 28.4 Å². The monoisotopic (exact) mass is 445 g/mol. The summed E-state index contributed by atoms with van der Waals surface area (Å²) < 4.78 is 26.6. The molecule has 0 amide bonds. The molecule has 156 valence electrons. The molecule has 1 heterocycles. The molecular formula is C17H17ClFN3O6S. The summed E-state index contributed by atoms with van der Waals surface area (Å²) in [5, 5.41) is -0.332. The fourth-order valence-corrected chi connectivity index (χ4v) is 2.76. The summed E-state index contributed by atoms with van der Waals surface area (Å²) >= 11 is 10.9. The van der Waals surface area contributed by atoms with Gasteiger partial charge in [0.1, 0.15) is 5.82 Å². The number of hydrogen-bond acceptors (Lipinski definition) is 7. The maximum atomic E-state index is 14.5. The molecule has 0 saturated heterocycles. The molecule has 9 nitrogen and oxygen atoms in total. The van der Waals surface area contributed by atoms with Crippen molar-refractivity contribution < 1.29 is 23.5 Å². The molecule has 12 heteroatoms. The molecular weight excluding hydrogens is 429 g/mol. The number of nitrogens with zero attached hydrogens (tertiary/aromatic N) is 3. The van der Waals surface area contributed by atoms with Crippen LogP contribution in [0.15, 0.2) is 21.7 Å². The van der Waals surface area contributed by atoms with E-state index in [0.717, 1.165) is 21.3 Å². The predicted molar refractivity (Wildman–Crippen MR) is 104 cm³/mol. The summed E-state index contributed by atoms with van der Waals surface area (Å²) in [6.07, 6.45) is -1.25. The quantitative estimate of drug-likeness (QED) is 0.507. The first kappa shape index (κ1) is 22.5. The van der Waals surface area contributed by atoms with E-state index in [1.807, 2.05) is 0 Å². The Balaban J connectivity index is 2.61. The lowest BCUT2D eigenvalue weighted by Crippen LogP contribution is -2.44. The number of ether oxygens (including phenoxy) is 2. The van der Waals surface area contributed by atoms with E-state index in [2.05, 4.69) is 0 Å². The molecule has 2 aromatic rings. The normalized spacial score (nSPS) is 11.8. The lowest BCUT2D eigenvalue weighted by molar-refractivity contribution is -0.152. The number of benzene rings is 1. The van der Waals surface area contributed by atoms with Crippen molar-refractivity contribution in [2.75, 3.05) is 6.61 Å². The zero-order valence-corrected chi connectivity index (χ0v) is 17.5. The minimum absolute atomic E-state index is 0.0754. The van der Waals surface area contributed by atoms with Gasteiger partial charge in [0.15, 0.2) is 10.9 Å². The minimum Gasteiger partial charge on any atom is -0.463 e. The SMILES string of the molecule is CCOC(=O)C(C)OC(=O)c1cc(-n2c(=O)n(C)c(=S)n(C)c2=O)c(F)cc1Cl. The van der Waals surface area contributed by atoms with E-state index in [4.69, 9.17) is 33.3 Å². The topological polar surface area (TPSA) is 102 Å². The summed E-state index contributed by atoms with van der Waals surface area (Å²) in [5.41, 5.74) is -2.71. The van der Waals surface area contributed by atoms with Crippen LogP contribution in [0.2, 0.25) is 5.02 Å². The number of aromatic nitrogens is 3. The lowest BCUT2D eigenvalue weighted by Gasteiger charge is -2.15. The molecule has 1 unspecified atom stereocenters. The van der Waals surface area contributed by atoms with Gasteiger partial charge < -0.3 is 9.47 Å². The Morgan fingerprint density at radius 1 is 1.21 bits per heavy atom. The molecule has 0 spiro atoms. The molecule has 2 rings (SSSR count). The molecule has 0 radical (unpaired) electrons. The molecule has 0 fully saturated rings. The fraction of sp³-hybridized carbons (Fsp3) is 0.353. The molecule has 0 aliphatic heterocycles. The van der Waals surface area contributed by atoms with Gasteiger partial charge in [0.05, 0.1) is 22.9 Å². The maximum Gasteiger partial charge on any atom is 0.347 e. The van der Waals surface area contributed by atoms with E-state index in [1.54, 1.807) is 6.92 Å². The van der Waals surface area contributed by atoms with Gasteiger partial charge in [-0.3, -0.25) is 9.13 Å². The molecule has 29 heavy (non-hydrogen) atoms. The van der Waals surface area contributed by atoms with Crippen LogP contribution in [0.4, 0.5) is 4.39 Å². The smallest absolute Gasteiger partial charge is 0.347 e. The van der Waals surface area contributed by atoms with Crippen LogP contribution in [0.25, 0.3) is 5.69 Å². The van der Waals surface area contributed by atoms with Crippen molar-refractivity contribution in [2.45, 2.75) is 20.0 Å². The van der Waals surface area contributed by atoms with E-state index >= 15 is 0 Å². The fourth-order valence-electron chi connectivity index (χ4n) is 2.37. The third-order valence-electron chi connectivity index (χ3n) is 3.93. The zero-order chi connectivity index (χ0) is 22.0. The first-order chi connectivity index (χ1) is 13.5.